The third-order valence-corrected chi connectivity index (χ3v) is 4.44. The highest BCUT2D eigenvalue weighted by molar-refractivity contribution is 9.11. The lowest BCUT2D eigenvalue weighted by Crippen LogP contribution is -2.51. The third kappa shape index (κ3) is 4.65. The molecular formula is C17H24BrNO2. The second-order valence-corrected chi connectivity index (χ2v) is 6.32. The van der Waals surface area contributed by atoms with Gasteiger partial charge in [-0.25, -0.2) is 0 Å². The molecule has 0 radical (unpaired) electrons. The van der Waals surface area contributed by atoms with Gasteiger partial charge in [0, 0.05) is 12.1 Å². The summed E-state index contributed by atoms with van der Waals surface area (Å²) in [6.07, 6.45) is -0.114. The van der Waals surface area contributed by atoms with Crippen molar-refractivity contribution in [3.63, 3.8) is 0 Å². The van der Waals surface area contributed by atoms with Crippen LogP contribution in [0.3, 0.4) is 0 Å². The van der Waals surface area contributed by atoms with Gasteiger partial charge >= 0.3 is 0 Å². The zero-order valence-corrected chi connectivity index (χ0v) is 14.5. The monoisotopic (exact) mass is 353 g/mol. The van der Waals surface area contributed by atoms with Gasteiger partial charge in [-0.15, -0.1) is 0 Å². The van der Waals surface area contributed by atoms with Gasteiger partial charge in [0.25, 0.3) is 0 Å². The minimum absolute atomic E-state index is 0.145. The molecule has 0 spiro atoms. The van der Waals surface area contributed by atoms with E-state index in [-0.39, 0.29) is 18.4 Å². The predicted octanol–water partition coefficient (Wildman–Crippen LogP) is 4.01. The minimum atomic E-state index is -0.260. The normalized spacial score (nSPS) is 27.1. The molecule has 1 saturated heterocycles. The topological polar surface area (TPSA) is 30.5 Å². The Labute approximate surface area is 135 Å². The summed E-state index contributed by atoms with van der Waals surface area (Å²) in [7, 11) is 0. The summed E-state index contributed by atoms with van der Waals surface area (Å²) in [5, 5.41) is 3.53. The van der Waals surface area contributed by atoms with Crippen LogP contribution in [0.15, 0.2) is 40.9 Å². The Morgan fingerprint density at radius 2 is 2.10 bits per heavy atom. The van der Waals surface area contributed by atoms with Crippen LogP contribution in [0.25, 0.3) is 0 Å². The second kappa shape index (κ2) is 8.08. The molecule has 1 aliphatic heterocycles. The molecule has 3 nitrogen and oxygen atoms in total. The number of rotatable bonds is 5. The molecule has 4 heteroatoms. The first kappa shape index (κ1) is 16.7. The summed E-state index contributed by atoms with van der Waals surface area (Å²) in [5.74, 6) is 0.436. The summed E-state index contributed by atoms with van der Waals surface area (Å²) in [6.45, 7) is 7.98. The zero-order valence-electron chi connectivity index (χ0n) is 12.9. The van der Waals surface area contributed by atoms with E-state index in [1.165, 1.54) is 5.57 Å². The van der Waals surface area contributed by atoms with E-state index in [9.17, 15) is 0 Å². The van der Waals surface area contributed by atoms with Gasteiger partial charge in [-0.05, 0) is 17.8 Å². The van der Waals surface area contributed by atoms with E-state index in [2.05, 4.69) is 42.0 Å². The fraction of sp³-hybridized carbons (Fsp3) is 0.529. The van der Waals surface area contributed by atoms with Crippen LogP contribution in [-0.4, -0.2) is 25.3 Å². The van der Waals surface area contributed by atoms with Crippen molar-refractivity contribution in [2.75, 3.05) is 13.2 Å². The number of hydrogen-bond donors (Lipinski definition) is 1. The van der Waals surface area contributed by atoms with Gasteiger partial charge in [0.1, 0.15) is 0 Å². The summed E-state index contributed by atoms with van der Waals surface area (Å²) in [4.78, 5) is 1.95. The van der Waals surface area contributed by atoms with Gasteiger partial charge in [-0.3, -0.25) is 0 Å². The van der Waals surface area contributed by atoms with Gasteiger partial charge in [0.05, 0.1) is 18.8 Å². The molecule has 3 atom stereocenters. The highest BCUT2D eigenvalue weighted by atomic mass is 79.9. The summed E-state index contributed by atoms with van der Waals surface area (Å²) in [5.41, 5.74) is 2.33. The Bertz CT molecular complexity index is 461. The SMILES string of the molecule is C/C(=C\Br)CN[C@@H]1CO[C@@H](c2ccccc2)O[C@H]1C(C)C. The second-order valence-electron chi connectivity index (χ2n) is 5.86. The Morgan fingerprint density at radius 3 is 2.71 bits per heavy atom. The van der Waals surface area contributed by atoms with Crippen molar-refractivity contribution in [1.29, 1.82) is 0 Å². The lowest BCUT2D eigenvalue weighted by Gasteiger charge is -2.39. The average Bonchev–Trinajstić information content (AvgIpc) is 2.53. The first-order chi connectivity index (χ1) is 10.1. The summed E-state index contributed by atoms with van der Waals surface area (Å²) < 4.78 is 12.1. The molecule has 1 fully saturated rings. The van der Waals surface area contributed by atoms with Crippen LogP contribution in [0.5, 0.6) is 0 Å². The molecule has 0 aromatic heterocycles. The summed E-state index contributed by atoms with van der Waals surface area (Å²) in [6, 6.07) is 10.3. The zero-order chi connectivity index (χ0) is 15.2. The van der Waals surface area contributed by atoms with Gasteiger partial charge in [0.15, 0.2) is 6.29 Å². The maximum Gasteiger partial charge on any atom is 0.184 e. The van der Waals surface area contributed by atoms with Crippen LogP contribution < -0.4 is 5.32 Å². The molecule has 0 unspecified atom stereocenters. The fourth-order valence-corrected chi connectivity index (χ4v) is 2.64. The average molecular weight is 354 g/mol. The van der Waals surface area contributed by atoms with E-state index >= 15 is 0 Å². The molecule has 1 aromatic carbocycles. The van der Waals surface area contributed by atoms with E-state index in [0.29, 0.717) is 12.5 Å². The van der Waals surface area contributed by atoms with Crippen molar-refractivity contribution in [3.8, 4) is 0 Å². The Balaban J connectivity index is 2.01. The van der Waals surface area contributed by atoms with Gasteiger partial charge < -0.3 is 14.8 Å². The number of benzene rings is 1. The third-order valence-electron chi connectivity index (χ3n) is 3.66. The Kier molecular flexibility index (Phi) is 6.42. The van der Waals surface area contributed by atoms with Crippen molar-refractivity contribution >= 4 is 15.9 Å². The van der Waals surface area contributed by atoms with Gasteiger partial charge in [-0.1, -0.05) is 65.7 Å². The molecule has 0 aliphatic carbocycles. The Morgan fingerprint density at radius 1 is 1.38 bits per heavy atom. The largest absolute Gasteiger partial charge is 0.347 e. The van der Waals surface area contributed by atoms with E-state index in [1.54, 1.807) is 0 Å². The highest BCUT2D eigenvalue weighted by Gasteiger charge is 2.34. The van der Waals surface area contributed by atoms with Crippen LogP contribution >= 0.6 is 15.9 Å². The van der Waals surface area contributed by atoms with Crippen molar-refractivity contribution in [2.45, 2.75) is 39.2 Å². The number of halogens is 1. The van der Waals surface area contributed by atoms with Crippen LogP contribution in [0.1, 0.15) is 32.6 Å². The molecule has 21 heavy (non-hydrogen) atoms. The molecule has 0 saturated carbocycles. The van der Waals surface area contributed by atoms with E-state index in [1.807, 2.05) is 35.3 Å². The van der Waals surface area contributed by atoms with Crippen LogP contribution in [0.2, 0.25) is 0 Å². The molecule has 2 rings (SSSR count). The number of ether oxygens (including phenoxy) is 2. The lowest BCUT2D eigenvalue weighted by molar-refractivity contribution is -0.238. The van der Waals surface area contributed by atoms with Crippen LogP contribution in [0.4, 0.5) is 0 Å². The number of nitrogens with one attached hydrogen (secondary N) is 1. The van der Waals surface area contributed by atoms with Crippen LogP contribution in [0, 0.1) is 5.92 Å². The van der Waals surface area contributed by atoms with E-state index in [4.69, 9.17) is 9.47 Å². The molecule has 1 aliphatic rings. The molecule has 116 valence electrons. The molecule has 0 amide bonds. The summed E-state index contributed by atoms with van der Waals surface area (Å²) >= 11 is 3.36. The molecule has 1 heterocycles. The maximum atomic E-state index is 6.20. The first-order valence-corrected chi connectivity index (χ1v) is 8.34. The minimum Gasteiger partial charge on any atom is -0.347 e. The van der Waals surface area contributed by atoms with E-state index in [0.717, 1.165) is 12.1 Å². The van der Waals surface area contributed by atoms with Crippen molar-refractivity contribution in [3.05, 3.63) is 46.5 Å². The predicted molar refractivity (Wildman–Crippen MR) is 89.3 cm³/mol. The smallest absolute Gasteiger partial charge is 0.184 e. The first-order valence-electron chi connectivity index (χ1n) is 7.43. The van der Waals surface area contributed by atoms with Gasteiger partial charge in [0.2, 0.25) is 0 Å². The number of hydrogen-bond acceptors (Lipinski definition) is 3. The maximum absolute atomic E-state index is 6.20. The fourth-order valence-electron chi connectivity index (χ4n) is 2.48. The quantitative estimate of drug-likeness (QED) is 0.867. The molecular weight excluding hydrogens is 330 g/mol. The highest BCUT2D eigenvalue weighted by Crippen LogP contribution is 2.29. The molecule has 1 N–H and O–H groups in total. The van der Waals surface area contributed by atoms with Crippen molar-refractivity contribution < 1.29 is 9.47 Å². The van der Waals surface area contributed by atoms with Crippen molar-refractivity contribution in [2.24, 2.45) is 5.92 Å². The standard InChI is InChI=1S/C17H24BrNO2/c1-12(2)16-15(19-10-13(3)9-18)11-20-17(21-16)14-7-5-4-6-8-14/h4-9,12,15-17,19H,10-11H2,1-3H3/b13-9+/t15-,16+,17-/m1/s1. The van der Waals surface area contributed by atoms with Crippen LogP contribution in [-0.2, 0) is 9.47 Å². The molecule has 0 bridgehead atoms. The van der Waals surface area contributed by atoms with Gasteiger partial charge in [-0.2, -0.15) is 0 Å². The molecule has 1 aromatic rings. The Hall–Kier alpha value is -0.680. The van der Waals surface area contributed by atoms with Crippen molar-refractivity contribution in [1.82, 2.24) is 5.32 Å². The lowest BCUT2D eigenvalue weighted by atomic mass is 9.98. The van der Waals surface area contributed by atoms with E-state index < -0.39 is 0 Å².